The topological polar surface area (TPSA) is 147 Å². The summed E-state index contributed by atoms with van der Waals surface area (Å²) in [6.07, 6.45) is 1.94. The maximum Gasteiger partial charge on any atom is 0.321 e. The molecule has 11 nitrogen and oxygen atoms in total. The average Bonchev–Trinajstić information content (AvgIpc) is 3.44. The van der Waals surface area contributed by atoms with Crippen molar-refractivity contribution in [1.82, 2.24) is 14.8 Å². The Morgan fingerprint density at radius 1 is 1.07 bits per heavy atom. The number of hydrogen-bond donors (Lipinski definition) is 3. The molecule has 1 aliphatic heterocycles. The fourth-order valence-electron chi connectivity index (χ4n) is 4.08. The number of hydrogen-bond acceptors (Lipinski definition) is 6. The minimum Gasteiger partial charge on any atom is -0.481 e. The largest absolute Gasteiger partial charge is 0.481 e. The van der Waals surface area contributed by atoms with Crippen LogP contribution in [0, 0.1) is 23.3 Å². The summed E-state index contributed by atoms with van der Waals surface area (Å²) in [6, 6.07) is -0.842. The van der Waals surface area contributed by atoms with E-state index >= 15 is 0 Å². The third kappa shape index (κ3) is 6.95. The second-order valence-corrected chi connectivity index (χ2v) is 8.89. The van der Waals surface area contributed by atoms with E-state index in [1.807, 2.05) is 0 Å². The van der Waals surface area contributed by atoms with E-state index in [1.54, 1.807) is 0 Å². The number of likely N-dealkylation sites (tertiary alicyclic amines) is 1. The first-order valence-electron chi connectivity index (χ1n) is 12.2. The molecular weight excluding hydrogens is 544 g/mol. The maximum atomic E-state index is 13.8. The molecule has 0 bridgehead atoms. The number of urea groups is 1. The van der Waals surface area contributed by atoms with Crippen molar-refractivity contribution >= 4 is 29.4 Å². The summed E-state index contributed by atoms with van der Waals surface area (Å²) in [6.45, 7) is 1.35. The number of Topliss-reactive ketones (excluding diaryl/α,β-unsaturated/α-hetero) is 1. The van der Waals surface area contributed by atoms with Gasteiger partial charge in [0.2, 0.25) is 17.5 Å². The molecule has 40 heavy (non-hydrogen) atoms. The van der Waals surface area contributed by atoms with E-state index in [9.17, 15) is 46.6 Å². The van der Waals surface area contributed by atoms with Crippen LogP contribution in [0.25, 0.3) is 0 Å². The predicted molar refractivity (Wildman–Crippen MR) is 131 cm³/mol. The highest BCUT2D eigenvalue weighted by Gasteiger charge is 2.30. The SMILES string of the molecule is CC[C@@H](C(=O)N[C@@H](CC(=O)O)C(=O)COc1c(F)c(F)cc(F)c1F)n1cccc(NC(=O)N2CCCC2)c1=O. The van der Waals surface area contributed by atoms with Crippen molar-refractivity contribution in [3.8, 4) is 5.75 Å². The van der Waals surface area contributed by atoms with Crippen LogP contribution in [0.5, 0.6) is 5.75 Å². The average molecular weight is 570 g/mol. The van der Waals surface area contributed by atoms with Crippen molar-refractivity contribution in [1.29, 1.82) is 0 Å². The molecule has 3 N–H and O–H groups in total. The summed E-state index contributed by atoms with van der Waals surface area (Å²) in [5, 5.41) is 13.9. The third-order valence-corrected chi connectivity index (χ3v) is 6.15. The quantitative estimate of drug-likeness (QED) is 0.278. The number of halogens is 4. The molecule has 1 aromatic carbocycles. The number of ketones is 1. The monoisotopic (exact) mass is 570 g/mol. The lowest BCUT2D eigenvalue weighted by atomic mass is 10.1. The van der Waals surface area contributed by atoms with Crippen LogP contribution in [0.2, 0.25) is 0 Å². The van der Waals surface area contributed by atoms with E-state index in [0.29, 0.717) is 13.1 Å². The number of nitrogens with one attached hydrogen (secondary N) is 2. The second kappa shape index (κ2) is 13.1. The van der Waals surface area contributed by atoms with Gasteiger partial charge in [0.1, 0.15) is 24.4 Å². The van der Waals surface area contributed by atoms with Gasteiger partial charge >= 0.3 is 12.0 Å². The first kappa shape index (κ1) is 30.1. The first-order chi connectivity index (χ1) is 18.9. The lowest BCUT2D eigenvalue weighted by molar-refractivity contribution is -0.140. The van der Waals surface area contributed by atoms with Gasteiger partial charge < -0.3 is 29.9 Å². The number of pyridine rings is 1. The first-order valence-corrected chi connectivity index (χ1v) is 12.2. The Morgan fingerprint density at radius 3 is 2.27 bits per heavy atom. The normalized spacial score (nSPS) is 14.4. The van der Waals surface area contributed by atoms with Gasteiger partial charge in [-0.1, -0.05) is 6.92 Å². The maximum absolute atomic E-state index is 13.8. The van der Waals surface area contributed by atoms with Crippen molar-refractivity contribution < 1.29 is 46.6 Å². The molecule has 0 spiro atoms. The molecule has 2 atom stereocenters. The molecule has 2 heterocycles. The zero-order valence-electron chi connectivity index (χ0n) is 21.2. The number of ether oxygens (including phenoxy) is 1. The molecule has 0 aliphatic carbocycles. The van der Waals surface area contributed by atoms with Crippen LogP contribution in [0.4, 0.5) is 28.0 Å². The Morgan fingerprint density at radius 2 is 1.70 bits per heavy atom. The van der Waals surface area contributed by atoms with E-state index < -0.39 is 83.4 Å². The number of rotatable bonds is 11. The van der Waals surface area contributed by atoms with Crippen LogP contribution < -0.4 is 20.9 Å². The van der Waals surface area contributed by atoms with Gasteiger partial charge in [0.05, 0.1) is 6.42 Å². The summed E-state index contributed by atoms with van der Waals surface area (Å²) in [5.74, 6) is -12.6. The standard InChI is InChI=1S/C25H26F4N4O7/c1-2-17(33-9-5-6-15(24(33)38)31-25(39)32-7-3-4-8-32)23(37)30-16(11-19(35)36)18(34)12-40-22-20(28)13(26)10-14(27)21(22)29/h5-6,9-10,16-17H,2-4,7-8,11-12H2,1H3,(H,30,37)(H,31,39)(H,35,36)/t16-,17-/m0/s1. The number of carboxylic acid groups (broad SMARTS) is 1. The molecule has 0 radical (unpaired) electrons. The van der Waals surface area contributed by atoms with Crippen molar-refractivity contribution in [3.63, 3.8) is 0 Å². The number of aliphatic carboxylic acids is 1. The van der Waals surface area contributed by atoms with Crippen LogP contribution in [0.15, 0.2) is 29.2 Å². The summed E-state index contributed by atoms with van der Waals surface area (Å²) in [5.41, 5.74) is -0.843. The highest BCUT2D eigenvalue weighted by Crippen LogP contribution is 2.26. The van der Waals surface area contributed by atoms with Crippen LogP contribution in [-0.4, -0.2) is 64.0 Å². The van der Waals surface area contributed by atoms with E-state index in [2.05, 4.69) is 15.4 Å². The van der Waals surface area contributed by atoms with Crippen LogP contribution in [0.1, 0.15) is 38.6 Å². The summed E-state index contributed by atoms with van der Waals surface area (Å²) >= 11 is 0. The van der Waals surface area contributed by atoms with Crippen LogP contribution in [0.3, 0.4) is 0 Å². The van der Waals surface area contributed by atoms with Gasteiger partial charge in [-0.3, -0.25) is 19.2 Å². The van der Waals surface area contributed by atoms with E-state index in [4.69, 9.17) is 0 Å². The Balaban J connectivity index is 1.77. The lowest BCUT2D eigenvalue weighted by Gasteiger charge is -2.23. The third-order valence-electron chi connectivity index (χ3n) is 6.15. The van der Waals surface area contributed by atoms with Crippen LogP contribution >= 0.6 is 0 Å². The van der Waals surface area contributed by atoms with Gasteiger partial charge in [-0.05, 0) is 31.4 Å². The number of carboxylic acids is 1. The van der Waals surface area contributed by atoms with Crippen molar-refractivity contribution in [2.24, 2.45) is 0 Å². The molecule has 3 rings (SSSR count). The fraction of sp³-hybridized carbons (Fsp3) is 0.400. The molecule has 0 unspecified atom stereocenters. The molecular formula is C25H26F4N4O7. The molecule has 0 saturated carbocycles. The van der Waals surface area contributed by atoms with Crippen molar-refractivity contribution in [2.45, 2.75) is 44.7 Å². The summed E-state index contributed by atoms with van der Waals surface area (Å²) in [4.78, 5) is 64.0. The molecule has 15 heteroatoms. The van der Waals surface area contributed by atoms with Gasteiger partial charge in [-0.2, -0.15) is 8.78 Å². The molecule has 216 valence electrons. The lowest BCUT2D eigenvalue weighted by Crippen LogP contribution is -2.48. The highest BCUT2D eigenvalue weighted by molar-refractivity contribution is 5.94. The molecule has 1 aliphatic rings. The fourth-order valence-corrected chi connectivity index (χ4v) is 4.08. The molecule has 3 amide bonds. The molecule has 1 aromatic heterocycles. The minimum atomic E-state index is -1.91. The van der Waals surface area contributed by atoms with Gasteiger partial charge in [-0.15, -0.1) is 0 Å². The number of carbonyl (C=O) groups is 4. The molecule has 1 fully saturated rings. The number of amides is 3. The van der Waals surface area contributed by atoms with Gasteiger partial charge in [0.15, 0.2) is 23.2 Å². The Bertz CT molecular complexity index is 1340. The van der Waals surface area contributed by atoms with Crippen molar-refractivity contribution in [3.05, 3.63) is 58.0 Å². The van der Waals surface area contributed by atoms with E-state index in [0.717, 1.165) is 17.4 Å². The predicted octanol–water partition coefficient (Wildman–Crippen LogP) is 2.59. The highest BCUT2D eigenvalue weighted by atomic mass is 19.2. The van der Waals surface area contributed by atoms with Crippen LogP contribution in [-0.2, 0) is 14.4 Å². The Hall–Kier alpha value is -4.43. The Labute approximate surface area is 224 Å². The number of benzene rings is 1. The number of aromatic nitrogens is 1. The summed E-state index contributed by atoms with van der Waals surface area (Å²) < 4.78 is 60.1. The second-order valence-electron chi connectivity index (χ2n) is 8.89. The number of anilines is 1. The Kier molecular flexibility index (Phi) is 9.85. The van der Waals surface area contributed by atoms with Gasteiger partial charge in [-0.25, -0.2) is 13.6 Å². The van der Waals surface area contributed by atoms with Crippen molar-refractivity contribution in [2.75, 3.05) is 25.0 Å². The smallest absolute Gasteiger partial charge is 0.321 e. The minimum absolute atomic E-state index is 0.00125. The molecule has 1 saturated heterocycles. The summed E-state index contributed by atoms with van der Waals surface area (Å²) in [7, 11) is 0. The van der Waals surface area contributed by atoms with E-state index in [-0.39, 0.29) is 18.2 Å². The van der Waals surface area contributed by atoms with Gasteiger partial charge in [0.25, 0.3) is 5.56 Å². The zero-order valence-corrected chi connectivity index (χ0v) is 21.2. The van der Waals surface area contributed by atoms with Gasteiger partial charge in [0, 0.05) is 25.4 Å². The zero-order chi connectivity index (χ0) is 29.6. The van der Waals surface area contributed by atoms with E-state index in [1.165, 1.54) is 30.2 Å². The number of nitrogens with zero attached hydrogens (tertiary/aromatic N) is 2. The number of carbonyl (C=O) groups excluding carboxylic acids is 3. The molecule has 2 aromatic rings.